The van der Waals surface area contributed by atoms with Gasteiger partial charge in [-0.15, -0.1) is 11.3 Å². The summed E-state index contributed by atoms with van der Waals surface area (Å²) in [5.74, 6) is 2.39. The Morgan fingerprint density at radius 3 is 2.59 bits per heavy atom. The summed E-state index contributed by atoms with van der Waals surface area (Å²) in [5.41, 5.74) is 2.30. The van der Waals surface area contributed by atoms with Crippen LogP contribution in [0.25, 0.3) is 21.5 Å². The van der Waals surface area contributed by atoms with Crippen LogP contribution in [0.5, 0.6) is 23.0 Å². The van der Waals surface area contributed by atoms with E-state index in [0.717, 1.165) is 21.5 Å². The average Bonchev–Trinajstić information content (AvgIpc) is 3.39. The Morgan fingerprint density at radius 2 is 1.81 bits per heavy atom. The molecule has 0 bridgehead atoms. The highest BCUT2D eigenvalue weighted by atomic mass is 32.1. The smallest absolute Gasteiger partial charge is 0.265 e. The first kappa shape index (κ1) is 20.2. The maximum Gasteiger partial charge on any atom is 0.265 e. The number of anilines is 1. The van der Waals surface area contributed by atoms with Crippen LogP contribution in [-0.2, 0) is 7.05 Å². The van der Waals surface area contributed by atoms with Gasteiger partial charge < -0.3 is 24.3 Å². The van der Waals surface area contributed by atoms with Crippen molar-refractivity contribution in [3.8, 4) is 34.3 Å². The van der Waals surface area contributed by atoms with Gasteiger partial charge in [0.2, 0.25) is 0 Å². The van der Waals surface area contributed by atoms with Crippen LogP contribution in [0.3, 0.4) is 0 Å². The van der Waals surface area contributed by atoms with Gasteiger partial charge in [-0.05, 0) is 36.4 Å². The van der Waals surface area contributed by atoms with Crippen molar-refractivity contribution in [3.63, 3.8) is 0 Å². The Kier molecular flexibility index (Phi) is 5.10. The summed E-state index contributed by atoms with van der Waals surface area (Å²) in [4.78, 5) is 14.4. The molecular formula is C23H21N3O5S. The Balaban J connectivity index is 1.46. The summed E-state index contributed by atoms with van der Waals surface area (Å²) in [6.07, 6.45) is 0. The summed E-state index contributed by atoms with van der Waals surface area (Å²) in [6, 6.07) is 12.9. The van der Waals surface area contributed by atoms with Crippen LogP contribution in [0, 0.1) is 0 Å². The summed E-state index contributed by atoms with van der Waals surface area (Å²) >= 11 is 1.39. The standard InChI is InChI=1S/C23H21N3O5S/c1-26-23-15(21(25-26)13-4-6-16(28-2)18(10-13)29-3)12-20(32-23)22(27)24-14-5-7-17-19(11-14)31-9-8-30-17/h4-7,10-12H,8-9H2,1-3H3,(H,24,27). The molecule has 1 amide bonds. The van der Waals surface area contributed by atoms with Crippen LogP contribution in [0.1, 0.15) is 9.67 Å². The van der Waals surface area contributed by atoms with E-state index in [0.29, 0.717) is 46.8 Å². The molecular weight excluding hydrogens is 430 g/mol. The highest BCUT2D eigenvalue weighted by Crippen LogP contribution is 2.38. The molecule has 5 rings (SSSR count). The minimum Gasteiger partial charge on any atom is -0.493 e. The first-order chi connectivity index (χ1) is 15.6. The van der Waals surface area contributed by atoms with Crippen molar-refractivity contribution >= 4 is 33.1 Å². The lowest BCUT2D eigenvalue weighted by molar-refractivity contribution is 0.103. The van der Waals surface area contributed by atoms with E-state index in [-0.39, 0.29) is 5.91 Å². The number of fused-ring (bicyclic) bond motifs is 2. The Morgan fingerprint density at radius 1 is 1.03 bits per heavy atom. The third-order valence-corrected chi connectivity index (χ3v) is 6.39. The van der Waals surface area contributed by atoms with Crippen LogP contribution in [-0.4, -0.2) is 43.1 Å². The lowest BCUT2D eigenvalue weighted by atomic mass is 10.1. The fraction of sp³-hybridized carbons (Fsp3) is 0.217. The van der Waals surface area contributed by atoms with E-state index in [1.165, 1.54) is 11.3 Å². The topological polar surface area (TPSA) is 83.8 Å². The van der Waals surface area contributed by atoms with Gasteiger partial charge in [-0.3, -0.25) is 9.48 Å². The quantitative estimate of drug-likeness (QED) is 0.486. The SMILES string of the molecule is COc1ccc(-c2nn(C)c3sc(C(=O)Nc4ccc5c(c4)OCCO5)cc23)cc1OC. The molecule has 0 fully saturated rings. The number of benzene rings is 2. The zero-order valence-corrected chi connectivity index (χ0v) is 18.6. The first-order valence-corrected chi connectivity index (χ1v) is 10.8. The molecule has 4 aromatic rings. The number of nitrogens with zero attached hydrogens (tertiary/aromatic N) is 2. The molecule has 32 heavy (non-hydrogen) atoms. The number of aryl methyl sites for hydroxylation is 1. The number of carbonyl (C=O) groups excluding carboxylic acids is 1. The molecule has 9 heteroatoms. The molecule has 0 atom stereocenters. The molecule has 3 heterocycles. The number of hydrogen-bond acceptors (Lipinski definition) is 7. The predicted molar refractivity (Wildman–Crippen MR) is 123 cm³/mol. The van der Waals surface area contributed by atoms with Gasteiger partial charge in [-0.2, -0.15) is 5.10 Å². The van der Waals surface area contributed by atoms with Crippen molar-refractivity contribution in [2.75, 3.05) is 32.8 Å². The molecule has 1 aliphatic rings. The molecule has 164 valence electrons. The highest BCUT2D eigenvalue weighted by Gasteiger charge is 2.20. The minimum atomic E-state index is -0.193. The molecule has 0 saturated heterocycles. The predicted octanol–water partition coefficient (Wildman–Crippen LogP) is 4.34. The van der Waals surface area contributed by atoms with Crippen LogP contribution in [0.2, 0.25) is 0 Å². The lowest BCUT2D eigenvalue weighted by Gasteiger charge is -2.18. The second-order valence-electron chi connectivity index (χ2n) is 7.18. The molecule has 0 saturated carbocycles. The van der Waals surface area contributed by atoms with Crippen LogP contribution >= 0.6 is 11.3 Å². The molecule has 8 nitrogen and oxygen atoms in total. The van der Waals surface area contributed by atoms with Crippen molar-refractivity contribution in [3.05, 3.63) is 47.3 Å². The van der Waals surface area contributed by atoms with Gasteiger partial charge in [0, 0.05) is 29.8 Å². The monoisotopic (exact) mass is 451 g/mol. The van der Waals surface area contributed by atoms with E-state index in [2.05, 4.69) is 10.4 Å². The van der Waals surface area contributed by atoms with Crippen molar-refractivity contribution in [2.24, 2.45) is 7.05 Å². The number of carbonyl (C=O) groups is 1. The van der Waals surface area contributed by atoms with Crippen molar-refractivity contribution in [1.29, 1.82) is 0 Å². The highest BCUT2D eigenvalue weighted by molar-refractivity contribution is 7.20. The second-order valence-corrected chi connectivity index (χ2v) is 8.21. The minimum absolute atomic E-state index is 0.193. The van der Waals surface area contributed by atoms with Gasteiger partial charge in [-0.25, -0.2) is 0 Å². The zero-order chi connectivity index (χ0) is 22.2. The lowest BCUT2D eigenvalue weighted by Crippen LogP contribution is -2.16. The van der Waals surface area contributed by atoms with E-state index in [9.17, 15) is 4.79 Å². The molecule has 1 aliphatic heterocycles. The van der Waals surface area contributed by atoms with E-state index < -0.39 is 0 Å². The van der Waals surface area contributed by atoms with Gasteiger partial charge in [-0.1, -0.05) is 0 Å². The number of thiophene rings is 1. The number of aromatic nitrogens is 2. The molecule has 2 aromatic heterocycles. The Labute approximate surface area is 188 Å². The second kappa shape index (κ2) is 8.08. The van der Waals surface area contributed by atoms with E-state index >= 15 is 0 Å². The van der Waals surface area contributed by atoms with Gasteiger partial charge in [0.25, 0.3) is 5.91 Å². The van der Waals surface area contributed by atoms with Crippen LogP contribution in [0.15, 0.2) is 42.5 Å². The van der Waals surface area contributed by atoms with Crippen molar-refractivity contribution in [1.82, 2.24) is 9.78 Å². The third-order valence-electron chi connectivity index (χ3n) is 5.19. The summed E-state index contributed by atoms with van der Waals surface area (Å²) in [5, 5.41) is 8.49. The molecule has 2 aromatic carbocycles. The molecule has 0 aliphatic carbocycles. The van der Waals surface area contributed by atoms with Crippen LogP contribution in [0.4, 0.5) is 5.69 Å². The van der Waals surface area contributed by atoms with E-state index in [1.807, 2.05) is 31.3 Å². The maximum absolute atomic E-state index is 13.0. The molecule has 0 radical (unpaired) electrons. The molecule has 0 unspecified atom stereocenters. The zero-order valence-electron chi connectivity index (χ0n) is 17.8. The van der Waals surface area contributed by atoms with E-state index in [4.69, 9.17) is 18.9 Å². The van der Waals surface area contributed by atoms with Gasteiger partial charge >= 0.3 is 0 Å². The largest absolute Gasteiger partial charge is 0.493 e. The van der Waals surface area contributed by atoms with Gasteiger partial charge in [0.1, 0.15) is 23.7 Å². The summed E-state index contributed by atoms with van der Waals surface area (Å²) in [6.45, 7) is 1.02. The number of ether oxygens (including phenoxy) is 4. The Bertz CT molecular complexity index is 1330. The number of nitrogens with one attached hydrogen (secondary N) is 1. The fourth-order valence-electron chi connectivity index (χ4n) is 3.66. The summed E-state index contributed by atoms with van der Waals surface area (Å²) < 4.78 is 23.7. The third kappa shape index (κ3) is 3.50. The fourth-order valence-corrected chi connectivity index (χ4v) is 4.63. The number of amides is 1. The molecule has 0 spiro atoms. The van der Waals surface area contributed by atoms with Crippen LogP contribution < -0.4 is 24.3 Å². The normalized spacial score (nSPS) is 12.6. The summed E-state index contributed by atoms with van der Waals surface area (Å²) in [7, 11) is 5.06. The number of rotatable bonds is 5. The molecule has 1 N–H and O–H groups in total. The van der Waals surface area contributed by atoms with Crippen molar-refractivity contribution < 1.29 is 23.7 Å². The average molecular weight is 452 g/mol. The van der Waals surface area contributed by atoms with Crippen molar-refractivity contribution in [2.45, 2.75) is 0 Å². The Hall–Kier alpha value is -3.72. The number of methoxy groups -OCH3 is 2. The maximum atomic E-state index is 13.0. The van der Waals surface area contributed by atoms with Gasteiger partial charge in [0.15, 0.2) is 23.0 Å². The van der Waals surface area contributed by atoms with Gasteiger partial charge in [0.05, 0.1) is 19.1 Å². The first-order valence-electron chi connectivity index (χ1n) is 9.97. The van der Waals surface area contributed by atoms with E-state index in [1.54, 1.807) is 37.1 Å². The number of hydrogen-bond donors (Lipinski definition) is 1.